The van der Waals surface area contributed by atoms with Gasteiger partial charge in [-0.3, -0.25) is 24.0 Å². The van der Waals surface area contributed by atoms with Crippen molar-refractivity contribution in [3.8, 4) is 0 Å². The monoisotopic (exact) mass is 646 g/mol. The number of amides is 5. The largest absolute Gasteiger partial charge is 0.368 e. The molecule has 0 spiro atoms. The second kappa shape index (κ2) is 16.1. The smallest absolute Gasteiger partial charge is 0.332 e. The number of likely N-dealkylation sites (tertiary alicyclic amines) is 1. The normalized spacial score (nSPS) is 16.7. The molecule has 1 saturated heterocycles. The molecular formula is C30H39FN6O7S. The van der Waals surface area contributed by atoms with Gasteiger partial charge in [0.1, 0.15) is 18.1 Å². The molecule has 0 bridgehead atoms. The molecule has 0 aliphatic carbocycles. The Kier molecular flexibility index (Phi) is 12.6. The summed E-state index contributed by atoms with van der Waals surface area (Å²) in [5.41, 5.74) is 6.48. The Labute approximate surface area is 261 Å². The van der Waals surface area contributed by atoms with Crippen molar-refractivity contribution in [2.24, 2.45) is 5.73 Å². The number of carbonyl (C=O) groups is 5. The van der Waals surface area contributed by atoms with Crippen molar-refractivity contribution in [2.45, 2.75) is 68.1 Å². The molecule has 1 fully saturated rings. The quantitative estimate of drug-likeness (QED) is 0.133. The molecule has 2 aromatic carbocycles. The van der Waals surface area contributed by atoms with Gasteiger partial charge >= 0.3 is 10.2 Å². The van der Waals surface area contributed by atoms with Crippen LogP contribution in [0.15, 0.2) is 59.5 Å². The summed E-state index contributed by atoms with van der Waals surface area (Å²) < 4.78 is 35.1. The van der Waals surface area contributed by atoms with Gasteiger partial charge in [-0.1, -0.05) is 30.3 Å². The summed E-state index contributed by atoms with van der Waals surface area (Å²) in [5.74, 6) is -2.67. The van der Waals surface area contributed by atoms with E-state index in [0.29, 0.717) is 12.8 Å². The summed E-state index contributed by atoms with van der Waals surface area (Å²) in [6.45, 7) is 2.00. The molecule has 244 valence electrons. The summed E-state index contributed by atoms with van der Waals surface area (Å²) in [5, 5.41) is 10.9. The predicted octanol–water partition coefficient (Wildman–Crippen LogP) is 0.151. The van der Waals surface area contributed by atoms with Crippen LogP contribution in [0.4, 0.5) is 3.89 Å². The molecule has 2 aromatic rings. The minimum Gasteiger partial charge on any atom is -0.368 e. The molecule has 1 heterocycles. The molecule has 0 unspecified atom stereocenters. The van der Waals surface area contributed by atoms with Crippen molar-refractivity contribution in [1.29, 1.82) is 0 Å². The minimum atomic E-state index is -4.89. The van der Waals surface area contributed by atoms with Gasteiger partial charge in [-0.25, -0.2) is 0 Å². The first-order valence-corrected chi connectivity index (χ1v) is 15.9. The molecular weight excluding hydrogens is 607 g/mol. The number of hydrogen-bond acceptors (Lipinski definition) is 8. The zero-order chi connectivity index (χ0) is 33.1. The van der Waals surface area contributed by atoms with Gasteiger partial charge in [-0.05, 0) is 69.5 Å². The fraction of sp³-hybridized carbons (Fsp3) is 0.433. The van der Waals surface area contributed by atoms with Crippen LogP contribution in [0.25, 0.3) is 0 Å². The van der Waals surface area contributed by atoms with Gasteiger partial charge in [0.25, 0.3) is 5.91 Å². The number of nitrogens with zero attached hydrogens (tertiary/aromatic N) is 1. The van der Waals surface area contributed by atoms with Crippen molar-refractivity contribution in [1.82, 2.24) is 26.2 Å². The van der Waals surface area contributed by atoms with Crippen LogP contribution in [0.5, 0.6) is 0 Å². The Balaban J connectivity index is 1.65. The number of halogens is 1. The van der Waals surface area contributed by atoms with E-state index in [1.807, 2.05) is 18.2 Å². The summed E-state index contributed by atoms with van der Waals surface area (Å²) >= 11 is 0. The summed E-state index contributed by atoms with van der Waals surface area (Å²) in [7, 11) is -3.30. The third kappa shape index (κ3) is 10.1. The molecule has 6 N–H and O–H groups in total. The maximum Gasteiger partial charge on any atom is 0.332 e. The first-order valence-electron chi connectivity index (χ1n) is 14.6. The lowest BCUT2D eigenvalue weighted by atomic mass is 10.0. The van der Waals surface area contributed by atoms with Gasteiger partial charge < -0.3 is 31.9 Å². The molecule has 0 aromatic heterocycles. The fourth-order valence-corrected chi connectivity index (χ4v) is 5.37. The van der Waals surface area contributed by atoms with Crippen molar-refractivity contribution in [3.63, 3.8) is 0 Å². The zero-order valence-corrected chi connectivity index (χ0v) is 25.9. The first kappa shape index (κ1) is 35.1. The highest BCUT2D eigenvalue weighted by molar-refractivity contribution is 7.86. The average Bonchev–Trinajstić information content (AvgIpc) is 3.51. The van der Waals surface area contributed by atoms with Gasteiger partial charge in [0.15, 0.2) is 0 Å². The van der Waals surface area contributed by atoms with Crippen LogP contribution < -0.4 is 27.0 Å². The van der Waals surface area contributed by atoms with Crippen LogP contribution in [-0.2, 0) is 35.8 Å². The van der Waals surface area contributed by atoms with E-state index < -0.39 is 68.8 Å². The van der Waals surface area contributed by atoms with E-state index in [9.17, 15) is 36.3 Å². The van der Waals surface area contributed by atoms with E-state index in [1.165, 1.54) is 17.0 Å². The number of carbonyl (C=O) groups excluding carboxylic acids is 5. The lowest BCUT2D eigenvalue weighted by Gasteiger charge is -2.30. The van der Waals surface area contributed by atoms with Crippen LogP contribution in [0.3, 0.4) is 0 Å². The van der Waals surface area contributed by atoms with E-state index in [-0.39, 0.29) is 37.9 Å². The SMILES string of the molecule is CN[C@@H](C)C(=O)N[C@@H](CCCNC(=O)c1ccc(S(=O)(=O)F)cc1)C(=O)N1CCC[C@H]1C(=O)N[C@@H](Cc1ccccc1)C(N)=O. The summed E-state index contributed by atoms with van der Waals surface area (Å²) in [6, 6.07) is 9.90. The highest BCUT2D eigenvalue weighted by atomic mass is 32.3. The molecule has 5 amide bonds. The van der Waals surface area contributed by atoms with Crippen molar-refractivity contribution < 1.29 is 36.3 Å². The molecule has 0 saturated carbocycles. The van der Waals surface area contributed by atoms with E-state index in [2.05, 4.69) is 21.3 Å². The zero-order valence-electron chi connectivity index (χ0n) is 25.1. The lowest BCUT2D eigenvalue weighted by Crippen LogP contribution is -2.57. The molecule has 1 aliphatic rings. The number of hydrogen-bond donors (Lipinski definition) is 5. The number of rotatable bonds is 15. The highest BCUT2D eigenvalue weighted by Gasteiger charge is 2.38. The van der Waals surface area contributed by atoms with Gasteiger partial charge in [-0.2, -0.15) is 8.42 Å². The Hall–Kier alpha value is -4.37. The number of primary amides is 1. The van der Waals surface area contributed by atoms with E-state index in [0.717, 1.165) is 17.7 Å². The first-order chi connectivity index (χ1) is 21.3. The summed E-state index contributed by atoms with van der Waals surface area (Å²) in [4.78, 5) is 65.2. The number of nitrogens with one attached hydrogen (secondary N) is 4. The predicted molar refractivity (Wildman–Crippen MR) is 163 cm³/mol. The Morgan fingerprint density at radius 3 is 2.27 bits per heavy atom. The fourth-order valence-electron chi connectivity index (χ4n) is 4.91. The third-order valence-corrected chi connectivity index (χ3v) is 8.41. The van der Waals surface area contributed by atoms with Gasteiger partial charge in [0.2, 0.25) is 23.6 Å². The second-order valence-corrected chi connectivity index (χ2v) is 12.1. The maximum atomic E-state index is 13.7. The third-order valence-electron chi connectivity index (χ3n) is 7.58. The Morgan fingerprint density at radius 1 is 1.00 bits per heavy atom. The second-order valence-electron chi connectivity index (χ2n) is 10.8. The van der Waals surface area contributed by atoms with Gasteiger partial charge in [0, 0.05) is 25.1 Å². The van der Waals surface area contributed by atoms with Crippen molar-refractivity contribution >= 4 is 39.8 Å². The van der Waals surface area contributed by atoms with Crippen LogP contribution in [0, 0.1) is 0 Å². The highest BCUT2D eigenvalue weighted by Crippen LogP contribution is 2.20. The lowest BCUT2D eigenvalue weighted by molar-refractivity contribution is -0.142. The maximum absolute atomic E-state index is 13.7. The molecule has 4 atom stereocenters. The number of likely N-dealkylation sites (N-methyl/N-ethyl adjacent to an activating group) is 1. The van der Waals surface area contributed by atoms with E-state index in [1.54, 1.807) is 26.1 Å². The van der Waals surface area contributed by atoms with E-state index in [4.69, 9.17) is 5.73 Å². The molecule has 13 nitrogen and oxygen atoms in total. The standard InChI is InChI=1S/C30H39FN6O7S/c1-19(33-2)27(39)35-23(10-6-16-34-28(40)21-12-14-22(15-13-21)45(31,43)44)30(42)37-17-7-11-25(37)29(41)36-24(26(32)38)18-20-8-4-3-5-9-20/h3-5,8-9,12-15,19,23-25,33H,6-7,10-11,16-18H2,1-2H3,(H2,32,38)(H,34,40)(H,35,39)(H,36,41)/t19-,23-,24-,25-/m0/s1. The topological polar surface area (TPSA) is 197 Å². The molecule has 3 rings (SSSR count). The Bertz CT molecular complexity index is 1470. The number of benzene rings is 2. The molecule has 45 heavy (non-hydrogen) atoms. The number of nitrogens with two attached hydrogens (primary N) is 1. The van der Waals surface area contributed by atoms with Crippen LogP contribution >= 0.6 is 0 Å². The summed E-state index contributed by atoms with van der Waals surface area (Å²) in [6.07, 6.45) is 1.48. The Morgan fingerprint density at radius 2 is 1.67 bits per heavy atom. The molecule has 15 heteroatoms. The van der Waals surface area contributed by atoms with Crippen molar-refractivity contribution in [2.75, 3.05) is 20.1 Å². The van der Waals surface area contributed by atoms with Gasteiger partial charge in [0.05, 0.1) is 10.9 Å². The van der Waals surface area contributed by atoms with Crippen LogP contribution in [0.2, 0.25) is 0 Å². The van der Waals surface area contributed by atoms with Crippen LogP contribution in [-0.4, -0.2) is 87.2 Å². The van der Waals surface area contributed by atoms with Crippen LogP contribution in [0.1, 0.15) is 48.5 Å². The van der Waals surface area contributed by atoms with E-state index >= 15 is 0 Å². The average molecular weight is 647 g/mol. The van der Waals surface area contributed by atoms with Gasteiger partial charge in [-0.15, -0.1) is 3.89 Å². The molecule has 1 aliphatic heterocycles. The van der Waals surface area contributed by atoms with Crippen molar-refractivity contribution in [3.05, 3.63) is 65.7 Å². The minimum absolute atomic E-state index is 0.104. The molecule has 0 radical (unpaired) electrons.